The van der Waals surface area contributed by atoms with E-state index in [-0.39, 0.29) is 24.2 Å². The molecular formula is C14H22ClN5O2. The van der Waals surface area contributed by atoms with Crippen LogP contribution in [0.5, 0.6) is 0 Å². The van der Waals surface area contributed by atoms with Crippen molar-refractivity contribution >= 4 is 24.2 Å². The molecule has 0 saturated carbocycles. The van der Waals surface area contributed by atoms with Gasteiger partial charge in [-0.05, 0) is 32.4 Å². The minimum atomic E-state index is -0.437. The van der Waals surface area contributed by atoms with E-state index in [4.69, 9.17) is 0 Å². The van der Waals surface area contributed by atoms with E-state index in [2.05, 4.69) is 15.7 Å². The number of hydrogen-bond donors (Lipinski definition) is 2. The van der Waals surface area contributed by atoms with Crippen LogP contribution < -0.4 is 10.6 Å². The van der Waals surface area contributed by atoms with Gasteiger partial charge in [0.15, 0.2) is 0 Å². The first-order chi connectivity index (χ1) is 10.2. The zero-order chi connectivity index (χ0) is 14.8. The smallest absolute Gasteiger partial charge is 0.275 e. The number of rotatable bonds is 2. The van der Waals surface area contributed by atoms with Gasteiger partial charge < -0.3 is 15.5 Å². The van der Waals surface area contributed by atoms with E-state index < -0.39 is 6.04 Å². The molecule has 1 aromatic heterocycles. The number of hydrogen-bond acceptors (Lipinski definition) is 4. The Morgan fingerprint density at radius 3 is 2.95 bits per heavy atom. The fraction of sp³-hybridized carbons (Fsp3) is 0.643. The maximum atomic E-state index is 12.5. The van der Waals surface area contributed by atoms with E-state index in [1.807, 2.05) is 10.9 Å². The van der Waals surface area contributed by atoms with Gasteiger partial charge in [0.1, 0.15) is 11.7 Å². The van der Waals surface area contributed by atoms with Crippen LogP contribution in [0, 0.1) is 0 Å². The van der Waals surface area contributed by atoms with Crippen molar-refractivity contribution in [1.29, 1.82) is 0 Å². The summed E-state index contributed by atoms with van der Waals surface area (Å²) in [6.07, 6.45) is 4.06. The molecule has 8 heteroatoms. The maximum Gasteiger partial charge on any atom is 0.275 e. The largest absolute Gasteiger partial charge is 0.353 e. The molecule has 122 valence electrons. The topological polar surface area (TPSA) is 79.3 Å². The highest BCUT2D eigenvalue weighted by Crippen LogP contribution is 2.17. The highest BCUT2D eigenvalue weighted by molar-refractivity contribution is 5.96. The minimum absolute atomic E-state index is 0. The lowest BCUT2D eigenvalue weighted by Gasteiger charge is -2.32. The molecule has 1 aromatic rings. The van der Waals surface area contributed by atoms with Gasteiger partial charge in [0.2, 0.25) is 5.91 Å². The summed E-state index contributed by atoms with van der Waals surface area (Å²) in [7, 11) is 0. The van der Waals surface area contributed by atoms with E-state index in [0.717, 1.165) is 25.9 Å². The second-order valence-corrected chi connectivity index (χ2v) is 5.65. The van der Waals surface area contributed by atoms with Crippen LogP contribution >= 0.6 is 12.4 Å². The molecule has 0 aromatic carbocycles. The van der Waals surface area contributed by atoms with Crippen LogP contribution in [0.1, 0.15) is 36.3 Å². The van der Waals surface area contributed by atoms with Crippen LogP contribution in [0.25, 0.3) is 0 Å². The summed E-state index contributed by atoms with van der Waals surface area (Å²) in [6.45, 7) is 4.71. The van der Waals surface area contributed by atoms with E-state index in [1.165, 1.54) is 0 Å². The van der Waals surface area contributed by atoms with Gasteiger partial charge in [-0.1, -0.05) is 0 Å². The zero-order valence-corrected chi connectivity index (χ0v) is 13.4. The Morgan fingerprint density at radius 2 is 2.23 bits per heavy atom. The van der Waals surface area contributed by atoms with Gasteiger partial charge in [0, 0.05) is 25.8 Å². The fourth-order valence-corrected chi connectivity index (χ4v) is 2.92. The van der Waals surface area contributed by atoms with E-state index in [9.17, 15) is 9.59 Å². The minimum Gasteiger partial charge on any atom is -0.353 e. The summed E-state index contributed by atoms with van der Waals surface area (Å²) >= 11 is 0. The summed E-state index contributed by atoms with van der Waals surface area (Å²) in [6, 6.07) is 1.62. The Morgan fingerprint density at radius 1 is 1.41 bits per heavy atom. The molecule has 0 radical (unpaired) electrons. The number of nitrogens with zero attached hydrogens (tertiary/aromatic N) is 3. The Labute approximate surface area is 135 Å². The number of halogens is 1. The van der Waals surface area contributed by atoms with Gasteiger partial charge in [-0.25, -0.2) is 0 Å². The van der Waals surface area contributed by atoms with Gasteiger partial charge in [0.25, 0.3) is 5.91 Å². The number of aromatic nitrogens is 2. The van der Waals surface area contributed by atoms with Crippen molar-refractivity contribution in [3.05, 3.63) is 18.0 Å². The first kappa shape index (κ1) is 16.8. The molecule has 2 fully saturated rings. The summed E-state index contributed by atoms with van der Waals surface area (Å²) in [5.41, 5.74) is 0.419. The fourth-order valence-electron chi connectivity index (χ4n) is 2.92. The van der Waals surface area contributed by atoms with Crippen LogP contribution in [0.4, 0.5) is 0 Å². The summed E-state index contributed by atoms with van der Waals surface area (Å²) in [5.74, 6) is -0.273. The van der Waals surface area contributed by atoms with Gasteiger partial charge in [-0.2, -0.15) is 5.10 Å². The second kappa shape index (κ2) is 7.11. The Kier molecular flexibility index (Phi) is 5.42. The van der Waals surface area contributed by atoms with Crippen molar-refractivity contribution < 1.29 is 9.59 Å². The summed E-state index contributed by atoms with van der Waals surface area (Å²) < 4.78 is 1.87. The van der Waals surface area contributed by atoms with Crippen molar-refractivity contribution in [3.63, 3.8) is 0 Å². The number of piperidine rings is 1. The number of nitrogens with one attached hydrogen (secondary N) is 2. The average Bonchev–Trinajstić information content (AvgIpc) is 3.00. The molecule has 2 N–H and O–H groups in total. The third kappa shape index (κ3) is 3.25. The van der Waals surface area contributed by atoms with Crippen molar-refractivity contribution in [2.45, 2.75) is 31.8 Å². The van der Waals surface area contributed by atoms with Crippen molar-refractivity contribution in [2.24, 2.45) is 0 Å². The SMILES string of the molecule is CC1C(=O)NCCN1C(=O)c1ccn(C2CCCNC2)n1.Cl. The number of carbonyl (C=O) groups is 2. The predicted molar refractivity (Wildman–Crippen MR) is 84.1 cm³/mol. The third-order valence-electron chi connectivity index (χ3n) is 4.23. The number of amides is 2. The zero-order valence-electron chi connectivity index (χ0n) is 12.6. The molecule has 3 heterocycles. The average molecular weight is 328 g/mol. The van der Waals surface area contributed by atoms with Crippen molar-refractivity contribution in [1.82, 2.24) is 25.3 Å². The van der Waals surface area contributed by atoms with E-state index in [0.29, 0.717) is 24.8 Å². The van der Waals surface area contributed by atoms with Crippen LogP contribution in [0.2, 0.25) is 0 Å². The molecule has 0 aliphatic carbocycles. The van der Waals surface area contributed by atoms with E-state index >= 15 is 0 Å². The van der Waals surface area contributed by atoms with Gasteiger partial charge in [-0.15, -0.1) is 12.4 Å². The molecule has 2 aliphatic heterocycles. The molecule has 0 spiro atoms. The molecular weight excluding hydrogens is 306 g/mol. The molecule has 2 amide bonds. The molecule has 2 atom stereocenters. The number of carbonyl (C=O) groups excluding carboxylic acids is 2. The lowest BCUT2D eigenvalue weighted by Crippen LogP contribution is -2.55. The Bertz CT molecular complexity index is 541. The van der Waals surface area contributed by atoms with E-state index in [1.54, 1.807) is 17.9 Å². The lowest BCUT2D eigenvalue weighted by atomic mass is 10.1. The lowest BCUT2D eigenvalue weighted by molar-refractivity contribution is -0.127. The quantitative estimate of drug-likeness (QED) is 0.813. The maximum absolute atomic E-state index is 12.5. The molecule has 0 bridgehead atoms. The monoisotopic (exact) mass is 327 g/mol. The normalized spacial score (nSPS) is 25.3. The highest BCUT2D eigenvalue weighted by Gasteiger charge is 2.31. The van der Waals surface area contributed by atoms with Crippen LogP contribution in [0.3, 0.4) is 0 Å². The highest BCUT2D eigenvalue weighted by atomic mass is 35.5. The van der Waals surface area contributed by atoms with Crippen molar-refractivity contribution in [3.8, 4) is 0 Å². The molecule has 22 heavy (non-hydrogen) atoms. The first-order valence-electron chi connectivity index (χ1n) is 7.51. The summed E-state index contributed by atoms with van der Waals surface area (Å²) in [4.78, 5) is 25.7. The standard InChI is InChI=1S/C14H21N5O2.ClH/c1-10-13(20)16-6-8-18(10)14(21)12-4-7-19(17-12)11-3-2-5-15-9-11;/h4,7,10-11,15H,2-3,5-6,8-9H2,1H3,(H,16,20);1H. The van der Waals surface area contributed by atoms with Crippen LogP contribution in [0.15, 0.2) is 12.3 Å². The molecule has 2 unspecified atom stereocenters. The van der Waals surface area contributed by atoms with Gasteiger partial charge in [-0.3, -0.25) is 14.3 Å². The van der Waals surface area contributed by atoms with Gasteiger partial charge in [0.05, 0.1) is 6.04 Å². The van der Waals surface area contributed by atoms with Gasteiger partial charge >= 0.3 is 0 Å². The second-order valence-electron chi connectivity index (χ2n) is 5.65. The van der Waals surface area contributed by atoms with Crippen molar-refractivity contribution in [2.75, 3.05) is 26.2 Å². The summed E-state index contributed by atoms with van der Waals surface area (Å²) in [5, 5.41) is 10.5. The first-order valence-corrected chi connectivity index (χ1v) is 7.51. The third-order valence-corrected chi connectivity index (χ3v) is 4.23. The Hall–Kier alpha value is -1.60. The predicted octanol–water partition coefficient (Wildman–Crippen LogP) is 0.190. The molecule has 2 aliphatic rings. The molecule has 3 rings (SSSR count). The van der Waals surface area contributed by atoms with Crippen LogP contribution in [-0.4, -0.2) is 58.7 Å². The number of piperazine rings is 1. The molecule has 7 nitrogen and oxygen atoms in total. The van der Waals surface area contributed by atoms with Crippen LogP contribution in [-0.2, 0) is 4.79 Å². The Balaban J connectivity index is 0.00000176. The molecule has 2 saturated heterocycles.